The van der Waals surface area contributed by atoms with E-state index in [-0.39, 0.29) is 0 Å². The molecule has 2 aromatic rings. The lowest BCUT2D eigenvalue weighted by molar-refractivity contribution is 0.620. The van der Waals surface area contributed by atoms with Crippen LogP contribution in [0.4, 0.5) is 5.69 Å². The second-order valence-corrected chi connectivity index (χ2v) is 5.73. The van der Waals surface area contributed by atoms with Gasteiger partial charge in [0.1, 0.15) is 11.3 Å². The maximum absolute atomic E-state index is 6.02. The molecule has 2 aliphatic rings. The molecule has 0 saturated heterocycles. The van der Waals surface area contributed by atoms with E-state index in [4.69, 9.17) is 22.4 Å². The van der Waals surface area contributed by atoms with Gasteiger partial charge < -0.3 is 10.2 Å². The van der Waals surface area contributed by atoms with Crippen LogP contribution in [0.25, 0.3) is 33.4 Å². The smallest absolute Gasteiger partial charge is 0.137 e. The molecule has 3 heteroatoms. The molecule has 1 aliphatic carbocycles. The van der Waals surface area contributed by atoms with Crippen LogP contribution in [-0.4, -0.2) is 0 Å². The molecule has 1 aliphatic heterocycles. The second-order valence-electron chi connectivity index (χ2n) is 5.26. The molecule has 106 valence electrons. The quantitative estimate of drug-likeness (QED) is 0.286. The first kappa shape index (κ1) is 13.0. The van der Waals surface area contributed by atoms with Crippen LogP contribution >= 0.6 is 12.2 Å². The Labute approximate surface area is 133 Å². The summed E-state index contributed by atoms with van der Waals surface area (Å²) in [6.45, 7) is 0. The largest absolute Gasteiger partial charge is 0.456 e. The lowest BCUT2D eigenvalue weighted by atomic mass is 9.94. The van der Waals surface area contributed by atoms with Gasteiger partial charge in [-0.1, -0.05) is 42.5 Å². The summed E-state index contributed by atoms with van der Waals surface area (Å²) in [5, 5.41) is 1.05. The normalized spacial score (nSPS) is 11.1. The molecule has 2 N–H and O–H groups in total. The highest BCUT2D eigenvalue weighted by molar-refractivity contribution is 7.71. The summed E-state index contributed by atoms with van der Waals surface area (Å²) in [5.74, 6) is 0.782. The van der Waals surface area contributed by atoms with Gasteiger partial charge in [0.25, 0.3) is 0 Å². The number of hydrogen-bond donors (Lipinski definition) is 1. The molecule has 0 bridgehead atoms. The first-order valence-corrected chi connectivity index (χ1v) is 7.45. The van der Waals surface area contributed by atoms with Crippen molar-refractivity contribution in [2.24, 2.45) is 0 Å². The number of rotatable bonds is 1. The molecule has 0 atom stereocenters. The summed E-state index contributed by atoms with van der Waals surface area (Å²) in [4.78, 5) is 0. The summed E-state index contributed by atoms with van der Waals surface area (Å²) in [6.07, 6.45) is 0. The van der Waals surface area contributed by atoms with Gasteiger partial charge in [-0.25, -0.2) is 0 Å². The summed E-state index contributed by atoms with van der Waals surface area (Å²) in [6, 6.07) is 21.9. The molecule has 0 unspecified atom stereocenters. The van der Waals surface area contributed by atoms with E-state index in [1.807, 2.05) is 54.6 Å². The number of nitrogens with two attached hydrogens (primary N) is 1. The van der Waals surface area contributed by atoms with Gasteiger partial charge in [0.05, 0.1) is 0 Å². The molecule has 0 aromatic heterocycles. The SMILES string of the molecule is Nc1ccc2c(-c3ccccc3)c3ccc(=S)cc-3oc2c1. The minimum Gasteiger partial charge on any atom is -0.456 e. The van der Waals surface area contributed by atoms with Crippen molar-refractivity contribution >= 4 is 28.9 Å². The summed E-state index contributed by atoms with van der Waals surface area (Å²) in [7, 11) is 0. The third kappa shape index (κ3) is 2.07. The van der Waals surface area contributed by atoms with Crippen molar-refractivity contribution in [3.63, 3.8) is 0 Å². The van der Waals surface area contributed by atoms with Gasteiger partial charge in [-0.05, 0) is 35.9 Å². The van der Waals surface area contributed by atoms with Crippen molar-refractivity contribution in [1.29, 1.82) is 0 Å². The topological polar surface area (TPSA) is 39.2 Å². The fourth-order valence-electron chi connectivity index (χ4n) is 2.80. The molecular weight excluding hydrogens is 290 g/mol. The number of anilines is 1. The van der Waals surface area contributed by atoms with E-state index < -0.39 is 0 Å². The maximum atomic E-state index is 6.02. The molecule has 0 saturated carbocycles. The van der Waals surface area contributed by atoms with E-state index >= 15 is 0 Å². The Morgan fingerprint density at radius 2 is 1.68 bits per heavy atom. The maximum Gasteiger partial charge on any atom is 0.137 e. The number of hydrogen-bond acceptors (Lipinski definition) is 3. The van der Waals surface area contributed by atoms with Crippen LogP contribution in [-0.2, 0) is 0 Å². The van der Waals surface area contributed by atoms with E-state index in [1.165, 1.54) is 0 Å². The van der Waals surface area contributed by atoms with Crippen molar-refractivity contribution in [1.82, 2.24) is 0 Å². The molecule has 0 fully saturated rings. The summed E-state index contributed by atoms with van der Waals surface area (Å²) >= 11 is 5.26. The highest BCUT2D eigenvalue weighted by Gasteiger charge is 2.16. The Hall–Kier alpha value is -2.65. The van der Waals surface area contributed by atoms with Crippen molar-refractivity contribution < 1.29 is 4.42 Å². The molecule has 2 nitrogen and oxygen atoms in total. The standard InChI is InChI=1S/C19H13NOS/c20-13-6-8-15-17(10-13)21-18-11-14(22)7-9-16(18)19(15)12-4-2-1-3-5-12/h1-11H,20H2. The molecular formula is C19H13NOS. The van der Waals surface area contributed by atoms with Crippen molar-refractivity contribution in [3.8, 4) is 22.5 Å². The number of benzene rings is 3. The lowest BCUT2D eigenvalue weighted by Crippen LogP contribution is -1.92. The van der Waals surface area contributed by atoms with Crippen LogP contribution in [0.3, 0.4) is 0 Å². The van der Waals surface area contributed by atoms with E-state index in [0.29, 0.717) is 5.69 Å². The number of nitrogen functional groups attached to an aromatic ring is 1. The average Bonchev–Trinajstić information content (AvgIpc) is 2.53. The molecule has 2 aromatic carbocycles. The Balaban J connectivity index is 2.21. The lowest BCUT2D eigenvalue weighted by Gasteiger charge is -2.15. The zero-order valence-corrected chi connectivity index (χ0v) is 12.6. The molecule has 0 spiro atoms. The zero-order valence-electron chi connectivity index (χ0n) is 11.7. The van der Waals surface area contributed by atoms with Gasteiger partial charge >= 0.3 is 0 Å². The Morgan fingerprint density at radius 1 is 0.864 bits per heavy atom. The van der Waals surface area contributed by atoms with Gasteiger partial charge in [-0.3, -0.25) is 0 Å². The van der Waals surface area contributed by atoms with E-state index in [0.717, 1.165) is 37.9 Å². The van der Waals surface area contributed by atoms with Gasteiger partial charge in [-0.15, -0.1) is 0 Å². The fourth-order valence-corrected chi connectivity index (χ4v) is 2.98. The Kier molecular flexibility index (Phi) is 2.94. The van der Waals surface area contributed by atoms with Crippen LogP contribution in [0.1, 0.15) is 0 Å². The molecule has 4 rings (SSSR count). The predicted molar refractivity (Wildman–Crippen MR) is 93.5 cm³/mol. The Morgan fingerprint density at radius 3 is 2.50 bits per heavy atom. The third-order valence-electron chi connectivity index (χ3n) is 3.78. The van der Waals surface area contributed by atoms with Gasteiger partial charge in [0.15, 0.2) is 0 Å². The van der Waals surface area contributed by atoms with Crippen LogP contribution in [0.5, 0.6) is 0 Å². The fraction of sp³-hybridized carbons (Fsp3) is 0. The van der Waals surface area contributed by atoms with Crippen LogP contribution in [0, 0.1) is 4.51 Å². The molecule has 1 heterocycles. The van der Waals surface area contributed by atoms with Gasteiger partial charge in [0, 0.05) is 32.8 Å². The third-order valence-corrected chi connectivity index (χ3v) is 4.03. The molecule has 0 radical (unpaired) electrons. The highest BCUT2D eigenvalue weighted by atomic mass is 32.1. The monoisotopic (exact) mass is 303 g/mol. The predicted octanol–water partition coefficient (Wildman–Crippen LogP) is 5.52. The van der Waals surface area contributed by atoms with Crippen molar-refractivity contribution in [2.45, 2.75) is 0 Å². The average molecular weight is 303 g/mol. The van der Waals surface area contributed by atoms with Gasteiger partial charge in [0.2, 0.25) is 0 Å². The van der Waals surface area contributed by atoms with Crippen LogP contribution in [0.15, 0.2) is 71.1 Å². The van der Waals surface area contributed by atoms with E-state index in [2.05, 4.69) is 12.1 Å². The van der Waals surface area contributed by atoms with E-state index in [1.54, 1.807) is 0 Å². The highest BCUT2D eigenvalue weighted by Crippen LogP contribution is 2.40. The molecule has 22 heavy (non-hydrogen) atoms. The molecule has 0 amide bonds. The van der Waals surface area contributed by atoms with Crippen LogP contribution in [0.2, 0.25) is 0 Å². The van der Waals surface area contributed by atoms with Crippen LogP contribution < -0.4 is 5.73 Å². The number of fused-ring (bicyclic) bond motifs is 2. The Bertz CT molecular complexity index is 1000. The minimum absolute atomic E-state index is 0.684. The van der Waals surface area contributed by atoms with Gasteiger partial charge in [-0.2, -0.15) is 0 Å². The first-order chi connectivity index (χ1) is 10.7. The second kappa shape index (κ2) is 4.97. The zero-order chi connectivity index (χ0) is 15.1. The minimum atomic E-state index is 0.684. The summed E-state index contributed by atoms with van der Waals surface area (Å²) in [5.41, 5.74) is 10.7. The van der Waals surface area contributed by atoms with Crippen molar-refractivity contribution in [2.75, 3.05) is 5.73 Å². The summed E-state index contributed by atoms with van der Waals surface area (Å²) < 4.78 is 6.79. The van der Waals surface area contributed by atoms with Crippen molar-refractivity contribution in [3.05, 3.63) is 71.2 Å². The first-order valence-electron chi connectivity index (χ1n) is 7.04. The van der Waals surface area contributed by atoms with E-state index in [9.17, 15) is 0 Å².